The summed E-state index contributed by atoms with van der Waals surface area (Å²) in [7, 11) is 4.62. The molecule has 6 N–H and O–H groups in total. The van der Waals surface area contributed by atoms with E-state index in [2.05, 4.69) is 46.5 Å². The van der Waals surface area contributed by atoms with Gasteiger partial charge in [-0.25, -0.2) is 0 Å². The molecule has 8 aliphatic heterocycles. The van der Waals surface area contributed by atoms with Crippen molar-refractivity contribution >= 4 is 74.5 Å². The monoisotopic (exact) mass is 2040 g/mol. The lowest BCUT2D eigenvalue weighted by Crippen LogP contribution is -3.00. The third kappa shape index (κ3) is 14.1. The number of esters is 2. The smallest absolute Gasteiger partial charge is 0.311 e. The third-order valence-corrected chi connectivity index (χ3v) is 34.9. The molecular weight excluding hydrogens is 1920 g/mol. The van der Waals surface area contributed by atoms with Crippen LogP contribution in [0.1, 0.15) is 234 Å². The van der Waals surface area contributed by atoms with Gasteiger partial charge in [0.1, 0.15) is 23.3 Å². The Morgan fingerprint density at radius 3 is 1.09 bits per heavy atom. The largest absolute Gasteiger partial charge is 1.00 e. The van der Waals surface area contributed by atoms with E-state index in [-0.39, 0.29) is 135 Å². The topological polar surface area (TPSA) is 303 Å². The summed E-state index contributed by atoms with van der Waals surface area (Å²) in [5.74, 6) is 6.44. The zero-order chi connectivity index (χ0) is 87.6. The SMILES string of the molecule is CC(C)C(C)C(=O)Cl.CC(C)CC(=O)Oc1ccc2c3c1OC1C(=O)CC[C@@]4(O)C(C2)N(CC2CC2)CCC314.CC(C)CC(=O)Oc1ccc2c3c1OC1C(=O)CC[C@@]4(O)C(C2)[N+](C)(CC2CC2)CCC314.CI.C[N+]1(CC2CC2)CCC23c4c5ccc(O)c4OC2C(=O)CC[C@@]3(O)C1C5.O=C1CC[C@@]2(O)C3Cc4ccc(O)c5c4C2(CCN3CC2CC2)C1O5.[Br-].[I-]. The fourth-order valence-electron chi connectivity index (χ4n) is 27.8. The number of ether oxygens (including phenoxy) is 6. The molecule has 27 heteroatoms. The first-order chi connectivity index (χ1) is 59.0. The highest BCUT2D eigenvalue weighted by Crippen LogP contribution is 2.71. The Bertz CT molecular complexity index is 5080. The maximum atomic E-state index is 13.1. The van der Waals surface area contributed by atoms with Crippen LogP contribution >= 0.6 is 34.2 Å². The predicted octanol–water partition coefficient (Wildman–Crippen LogP) is 5.99. The van der Waals surface area contributed by atoms with E-state index >= 15 is 0 Å². The number of alkyl halides is 1. The molecular formula is C99H128BrClI2N4O19. The summed E-state index contributed by atoms with van der Waals surface area (Å²) in [6.45, 7) is 21.7. The molecule has 686 valence electrons. The molecule has 4 aromatic carbocycles. The van der Waals surface area contributed by atoms with Crippen LogP contribution in [-0.2, 0) is 80.9 Å². The lowest BCUT2D eigenvalue weighted by atomic mass is 9.48. The molecule has 20 aliphatic rings. The Labute approximate surface area is 786 Å². The number of phenolic OH excluding ortho intramolecular Hbond substituents is 2. The number of nitrogens with zero attached hydrogens (tertiary/aromatic N) is 4. The van der Waals surface area contributed by atoms with Gasteiger partial charge in [-0.1, -0.05) is 95.3 Å². The van der Waals surface area contributed by atoms with Gasteiger partial charge < -0.3 is 109 Å². The van der Waals surface area contributed by atoms with Crippen LogP contribution < -0.4 is 69.4 Å². The van der Waals surface area contributed by atoms with Crippen LogP contribution in [0.5, 0.6) is 46.0 Å². The molecule has 0 amide bonds. The number of hydrogen-bond donors (Lipinski definition) is 6. The van der Waals surface area contributed by atoms with Crippen LogP contribution in [0.3, 0.4) is 0 Å². The molecule has 4 aromatic rings. The number of aliphatic hydroxyl groups is 4. The Kier molecular flexibility index (Phi) is 24.4. The maximum absolute atomic E-state index is 13.1. The first kappa shape index (κ1) is 92.7. The number of halogens is 4. The van der Waals surface area contributed by atoms with E-state index < -0.39 is 68.5 Å². The second kappa shape index (κ2) is 33.2. The van der Waals surface area contributed by atoms with Crippen molar-refractivity contribution in [2.75, 3.05) is 71.4 Å². The van der Waals surface area contributed by atoms with Gasteiger partial charge in [0, 0.05) is 129 Å². The number of likely N-dealkylation sites (tertiary alicyclic amines) is 4. The van der Waals surface area contributed by atoms with Crippen LogP contribution in [0.15, 0.2) is 48.5 Å². The van der Waals surface area contributed by atoms with Crippen molar-refractivity contribution in [1.29, 1.82) is 0 Å². The molecule has 0 aromatic heterocycles. The summed E-state index contributed by atoms with van der Waals surface area (Å²) in [4.78, 5) is 93.8. The van der Waals surface area contributed by atoms with Gasteiger partial charge in [-0.3, -0.25) is 43.4 Å². The lowest BCUT2D eigenvalue weighted by Gasteiger charge is -2.64. The quantitative estimate of drug-likeness (QED) is 0.0188. The van der Waals surface area contributed by atoms with Gasteiger partial charge in [0.15, 0.2) is 93.5 Å². The standard InChI is InChI=1S/C26H34NO5.C25H31NO5.C21H25NO4.C20H23NO4.C6H11ClO.CH3I.BrH.HI/c1-15(2)12-21(29)31-19-7-6-17-13-20-26(30)9-8-18(28)24-25(26,22(17)23(19)32-24)10-11-27(20,3)14-16-4-5-16;1-14(2)11-20(28)30-18-6-5-16-12-19-25(29)8-7-17(27)23-24(25,21(16)22(18)31-23)9-10-26(19)13-15-3-4-15;1-22(11-12-2-3-12)9-8-20-17-13-4-5-14(23)18(17)26-19(20)15(24)6-7-21(20,25)16(22)10-13;22-13-4-3-12-9-15-20(24)6-5-14(23)18-19(20,16(12)17(13)25-18)7-8-21(15)10-11-1-2-11;1-4(2)5(3)6(7)8;1-2;;/h6-7,15-16,20,24,30H,4-5,8-14H2,1-3H3;5-6,14-15,19,23,29H,3-4,7-13H2,1-2H3;4-5,12,16,19,25H,2-3,6-11H2,1H3;3-4,11,15,18,22,24H,1-2,5-10H2;4-5H,1-3H3;1H3;2*1H/q+1;;;;;;;/p-1/t20?,24?,25?,26-,27?;19?,23?,24?,25-;16?,19?,20?,21-,22?;15?,18?,19?,20-;;;;/m1111..../s1. The summed E-state index contributed by atoms with van der Waals surface area (Å²) < 4.78 is 38.0. The molecule has 0 radical (unpaired) electrons. The average Bonchev–Trinajstić information content (AvgIpc) is 1.48. The van der Waals surface area contributed by atoms with E-state index in [0.29, 0.717) is 111 Å². The number of Topliss-reactive ketones (excluding diaryl/α,β-unsaturated/α-hetero) is 4. The predicted molar refractivity (Wildman–Crippen MR) is 470 cm³/mol. The van der Waals surface area contributed by atoms with Gasteiger partial charge in [-0.2, -0.15) is 0 Å². The number of carbonyl (C=O) groups excluding carboxylic acids is 7. The van der Waals surface area contributed by atoms with E-state index in [9.17, 15) is 64.2 Å². The molecule has 19 atom stereocenters. The first-order valence-corrected chi connectivity index (χ1v) is 49.4. The van der Waals surface area contributed by atoms with Crippen molar-refractivity contribution in [3.63, 3.8) is 0 Å². The number of piperidine rings is 4. The zero-order valence-electron chi connectivity index (χ0n) is 74.7. The Morgan fingerprint density at radius 2 is 0.770 bits per heavy atom. The molecule has 23 nitrogen and oxygen atoms in total. The minimum atomic E-state index is -0.989. The number of quaternary nitrogens is 2. The Morgan fingerprint density at radius 1 is 0.460 bits per heavy atom. The summed E-state index contributed by atoms with van der Waals surface area (Å²) in [5, 5.41) is 69.3. The van der Waals surface area contributed by atoms with Crippen LogP contribution in [0.25, 0.3) is 0 Å². The number of carbonyl (C=O) groups is 7. The van der Waals surface area contributed by atoms with Gasteiger partial charge >= 0.3 is 11.9 Å². The van der Waals surface area contributed by atoms with Crippen LogP contribution in [-0.4, -0.2) is 232 Å². The molecule has 4 saturated heterocycles. The fraction of sp³-hybridized carbons (Fsp3) is 0.687. The van der Waals surface area contributed by atoms with Crippen molar-refractivity contribution in [3.8, 4) is 46.0 Å². The van der Waals surface area contributed by atoms with Crippen molar-refractivity contribution in [3.05, 3.63) is 93.0 Å². The molecule has 126 heavy (non-hydrogen) atoms. The van der Waals surface area contributed by atoms with Crippen LogP contribution in [0.2, 0.25) is 0 Å². The number of benzene rings is 4. The van der Waals surface area contributed by atoms with E-state index in [1.54, 1.807) is 12.1 Å². The second-order valence-corrected chi connectivity index (χ2v) is 43.5. The van der Waals surface area contributed by atoms with Gasteiger partial charge in [0.05, 0.1) is 73.1 Å². The number of phenols is 2. The first-order valence-electron chi connectivity index (χ1n) is 46.9. The Balaban J connectivity index is 0.000000114. The third-order valence-electron chi connectivity index (χ3n) is 34.6. The number of rotatable bonds is 16. The number of likely N-dealkylation sites (N-methyl/N-ethyl adjacent to an activating group) is 2. The van der Waals surface area contributed by atoms with E-state index in [0.717, 1.165) is 174 Å². The molecule has 8 heterocycles. The second-order valence-electron chi connectivity index (χ2n) is 43.1. The minimum absolute atomic E-state index is 0. The maximum Gasteiger partial charge on any atom is 0.311 e. The van der Waals surface area contributed by atoms with Crippen molar-refractivity contribution in [2.45, 2.75) is 308 Å². The van der Waals surface area contributed by atoms with Gasteiger partial charge in [-0.15, -0.1) is 0 Å². The molecule has 4 spiro atoms. The highest BCUT2D eigenvalue weighted by Gasteiger charge is 2.80. The summed E-state index contributed by atoms with van der Waals surface area (Å²) >= 11 is 7.33. The molecule has 12 fully saturated rings. The molecule has 12 aliphatic carbocycles. The number of aromatic hydroxyl groups is 2. The van der Waals surface area contributed by atoms with Crippen LogP contribution in [0, 0.1) is 47.3 Å². The molecule has 8 bridgehead atoms. The zero-order valence-corrected chi connectivity index (χ0v) is 81.3. The minimum Gasteiger partial charge on any atom is -1.00 e. The van der Waals surface area contributed by atoms with E-state index in [1.165, 1.54) is 51.4 Å². The average molecular weight is 2050 g/mol. The van der Waals surface area contributed by atoms with Crippen LogP contribution in [0.4, 0.5) is 0 Å². The lowest BCUT2D eigenvalue weighted by molar-refractivity contribution is -0.950. The van der Waals surface area contributed by atoms with Crippen molar-refractivity contribution in [1.82, 2.24) is 9.80 Å². The summed E-state index contributed by atoms with van der Waals surface area (Å²) in [6.07, 6.45) is 17.8. The van der Waals surface area contributed by atoms with Gasteiger partial charge in [0.25, 0.3) is 0 Å². The van der Waals surface area contributed by atoms with Gasteiger partial charge in [0.2, 0.25) is 5.24 Å². The van der Waals surface area contributed by atoms with Crippen molar-refractivity contribution in [2.24, 2.45) is 47.3 Å². The van der Waals surface area contributed by atoms with Crippen molar-refractivity contribution < 1.29 is 143 Å². The Hall–Kier alpha value is -5.12. The molecule has 8 saturated carbocycles. The normalized spacial score (nSPS) is 37.2. The fourth-order valence-corrected chi connectivity index (χ4v) is 28.1. The number of hydrogen-bond acceptors (Lipinski definition) is 21. The highest BCUT2D eigenvalue weighted by atomic mass is 127. The van der Waals surface area contributed by atoms with E-state index in [4.69, 9.17) is 40.0 Å². The summed E-state index contributed by atoms with van der Waals surface area (Å²) in [6, 6.07) is 15.2. The highest BCUT2D eigenvalue weighted by molar-refractivity contribution is 14.1. The van der Waals surface area contributed by atoms with E-state index in [1.807, 2.05) is 89.8 Å². The molecule has 24 rings (SSSR count). The summed E-state index contributed by atoms with van der Waals surface area (Å²) in [5.41, 5.74) is 1.69. The number of ketones is 4. The molecule has 15 unspecified atom stereocenters. The van der Waals surface area contributed by atoms with Gasteiger partial charge in [-0.05, 0) is 208 Å².